The molecule has 0 saturated heterocycles. The molecule has 0 bridgehead atoms. The number of nitrogens with one attached hydrogen (secondary N) is 1. The maximum absolute atomic E-state index is 6.10. The Morgan fingerprint density at radius 2 is 2.00 bits per heavy atom. The van der Waals surface area contributed by atoms with Gasteiger partial charge in [-0.25, -0.2) is 4.98 Å². The Morgan fingerprint density at radius 3 is 2.80 bits per heavy atom. The molecule has 1 atom stereocenters. The fourth-order valence-corrected chi connectivity index (χ4v) is 2.30. The van der Waals surface area contributed by atoms with E-state index in [1.54, 1.807) is 0 Å². The number of aryl methyl sites for hydroxylation is 1. The van der Waals surface area contributed by atoms with Crippen LogP contribution in [-0.2, 0) is 0 Å². The Balaban J connectivity index is 1.89. The van der Waals surface area contributed by atoms with Gasteiger partial charge in [0.15, 0.2) is 6.10 Å². The predicted molar refractivity (Wildman–Crippen MR) is 81.3 cm³/mol. The molecule has 3 aromatic rings. The summed E-state index contributed by atoms with van der Waals surface area (Å²) in [6, 6.07) is 13.6. The lowest BCUT2D eigenvalue weighted by molar-refractivity contribution is 0.218. The van der Waals surface area contributed by atoms with E-state index in [4.69, 9.17) is 16.3 Å². The lowest BCUT2D eigenvalue weighted by Crippen LogP contribution is -2.05. The van der Waals surface area contributed by atoms with Crippen LogP contribution in [0.25, 0.3) is 11.0 Å². The summed E-state index contributed by atoms with van der Waals surface area (Å²) in [5.41, 5.74) is 3.17. The van der Waals surface area contributed by atoms with E-state index in [9.17, 15) is 0 Å². The SMILES string of the molecule is Cc1ccc2nc([C@H](C)Oc3ccccc3Cl)[nH]c2c1. The number of rotatable bonds is 3. The summed E-state index contributed by atoms with van der Waals surface area (Å²) in [6.07, 6.45) is -0.192. The Bertz CT molecular complexity index is 751. The van der Waals surface area contributed by atoms with Crippen molar-refractivity contribution < 1.29 is 4.74 Å². The first-order chi connectivity index (χ1) is 9.63. The smallest absolute Gasteiger partial charge is 0.153 e. The second-order valence-electron chi connectivity index (χ2n) is 4.83. The Kier molecular flexibility index (Phi) is 3.36. The van der Waals surface area contributed by atoms with Crippen molar-refractivity contribution in [3.8, 4) is 5.75 Å². The molecular weight excluding hydrogens is 272 g/mol. The second-order valence-corrected chi connectivity index (χ2v) is 5.24. The number of aromatic amines is 1. The molecule has 1 heterocycles. The lowest BCUT2D eigenvalue weighted by Gasteiger charge is -2.13. The van der Waals surface area contributed by atoms with E-state index in [1.165, 1.54) is 5.56 Å². The molecule has 0 spiro atoms. The third-order valence-corrected chi connectivity index (χ3v) is 3.49. The van der Waals surface area contributed by atoms with Gasteiger partial charge < -0.3 is 9.72 Å². The molecule has 2 aromatic carbocycles. The average molecular weight is 287 g/mol. The number of aromatic nitrogens is 2. The molecular formula is C16H15ClN2O. The van der Waals surface area contributed by atoms with Gasteiger partial charge in [0.1, 0.15) is 11.6 Å². The third kappa shape index (κ3) is 2.49. The fourth-order valence-electron chi connectivity index (χ4n) is 2.12. The number of hydrogen-bond donors (Lipinski definition) is 1. The van der Waals surface area contributed by atoms with Gasteiger partial charge in [-0.2, -0.15) is 0 Å². The van der Waals surface area contributed by atoms with Gasteiger partial charge in [-0.1, -0.05) is 29.8 Å². The molecule has 4 heteroatoms. The average Bonchev–Trinajstić information content (AvgIpc) is 2.84. The first kappa shape index (κ1) is 13.0. The van der Waals surface area contributed by atoms with E-state index in [2.05, 4.69) is 23.0 Å². The van der Waals surface area contributed by atoms with E-state index in [-0.39, 0.29) is 6.10 Å². The summed E-state index contributed by atoms with van der Waals surface area (Å²) < 4.78 is 5.87. The highest BCUT2D eigenvalue weighted by Gasteiger charge is 2.13. The van der Waals surface area contributed by atoms with Gasteiger partial charge >= 0.3 is 0 Å². The fraction of sp³-hybridized carbons (Fsp3) is 0.188. The standard InChI is InChI=1S/C16H15ClN2O/c1-10-7-8-13-14(9-10)19-16(18-13)11(2)20-15-6-4-3-5-12(15)17/h3-9,11H,1-2H3,(H,18,19)/t11-/m0/s1. The summed E-state index contributed by atoms with van der Waals surface area (Å²) in [6.45, 7) is 4.01. The summed E-state index contributed by atoms with van der Waals surface area (Å²) >= 11 is 6.10. The molecule has 0 aliphatic rings. The van der Waals surface area contributed by atoms with Crippen LogP contribution >= 0.6 is 11.6 Å². The zero-order valence-corrected chi connectivity index (χ0v) is 12.1. The topological polar surface area (TPSA) is 37.9 Å². The van der Waals surface area contributed by atoms with Gasteiger partial charge in [-0.3, -0.25) is 0 Å². The van der Waals surface area contributed by atoms with Crippen LogP contribution < -0.4 is 4.74 Å². The van der Waals surface area contributed by atoms with Crippen molar-refractivity contribution in [3.63, 3.8) is 0 Å². The summed E-state index contributed by atoms with van der Waals surface area (Å²) in [4.78, 5) is 7.85. The Morgan fingerprint density at radius 1 is 1.20 bits per heavy atom. The minimum atomic E-state index is -0.192. The lowest BCUT2D eigenvalue weighted by atomic mass is 10.2. The highest BCUT2D eigenvalue weighted by molar-refractivity contribution is 6.32. The van der Waals surface area contributed by atoms with Crippen molar-refractivity contribution in [2.24, 2.45) is 0 Å². The van der Waals surface area contributed by atoms with Crippen LogP contribution in [0.1, 0.15) is 24.4 Å². The van der Waals surface area contributed by atoms with E-state index < -0.39 is 0 Å². The summed E-state index contributed by atoms with van der Waals surface area (Å²) in [5, 5.41) is 0.603. The molecule has 20 heavy (non-hydrogen) atoms. The van der Waals surface area contributed by atoms with Crippen LogP contribution in [0.3, 0.4) is 0 Å². The van der Waals surface area contributed by atoms with E-state index in [0.717, 1.165) is 16.9 Å². The van der Waals surface area contributed by atoms with E-state index in [1.807, 2.05) is 43.3 Å². The normalized spacial score (nSPS) is 12.6. The number of para-hydroxylation sites is 1. The van der Waals surface area contributed by atoms with Crippen LogP contribution in [-0.4, -0.2) is 9.97 Å². The molecule has 1 aromatic heterocycles. The molecule has 0 unspecified atom stereocenters. The number of halogens is 1. The number of imidazole rings is 1. The van der Waals surface area contributed by atoms with Crippen molar-refractivity contribution in [2.45, 2.75) is 20.0 Å². The van der Waals surface area contributed by atoms with Crippen molar-refractivity contribution in [1.29, 1.82) is 0 Å². The van der Waals surface area contributed by atoms with Crippen molar-refractivity contribution in [1.82, 2.24) is 9.97 Å². The molecule has 0 radical (unpaired) electrons. The van der Waals surface area contributed by atoms with Crippen LogP contribution in [0, 0.1) is 6.92 Å². The predicted octanol–water partition coefficient (Wildman–Crippen LogP) is 4.66. The molecule has 1 N–H and O–H groups in total. The molecule has 0 fully saturated rings. The van der Waals surface area contributed by atoms with Gasteiger partial charge in [0.05, 0.1) is 16.1 Å². The molecule has 102 valence electrons. The maximum atomic E-state index is 6.10. The molecule has 0 aliphatic carbocycles. The molecule has 0 saturated carbocycles. The van der Waals surface area contributed by atoms with Gasteiger partial charge in [0, 0.05) is 0 Å². The summed E-state index contributed by atoms with van der Waals surface area (Å²) in [5.74, 6) is 1.46. The van der Waals surface area contributed by atoms with Crippen LogP contribution in [0.5, 0.6) is 5.75 Å². The van der Waals surface area contributed by atoms with Gasteiger partial charge in [0.2, 0.25) is 0 Å². The molecule has 3 nitrogen and oxygen atoms in total. The number of fused-ring (bicyclic) bond motifs is 1. The minimum Gasteiger partial charge on any atom is -0.481 e. The van der Waals surface area contributed by atoms with Gasteiger partial charge in [0.25, 0.3) is 0 Å². The van der Waals surface area contributed by atoms with Gasteiger partial charge in [-0.15, -0.1) is 0 Å². The molecule has 3 rings (SSSR count). The third-order valence-electron chi connectivity index (χ3n) is 3.18. The van der Waals surface area contributed by atoms with E-state index in [0.29, 0.717) is 10.8 Å². The van der Waals surface area contributed by atoms with Crippen LogP contribution in [0.2, 0.25) is 5.02 Å². The number of ether oxygens (including phenoxy) is 1. The number of H-pyrrole nitrogens is 1. The van der Waals surface area contributed by atoms with Crippen LogP contribution in [0.4, 0.5) is 0 Å². The maximum Gasteiger partial charge on any atom is 0.153 e. The zero-order chi connectivity index (χ0) is 14.1. The highest BCUT2D eigenvalue weighted by atomic mass is 35.5. The highest BCUT2D eigenvalue weighted by Crippen LogP contribution is 2.28. The second kappa shape index (κ2) is 5.17. The summed E-state index contributed by atoms with van der Waals surface area (Å²) in [7, 11) is 0. The number of benzene rings is 2. The zero-order valence-electron chi connectivity index (χ0n) is 11.4. The van der Waals surface area contributed by atoms with Crippen molar-refractivity contribution in [2.75, 3.05) is 0 Å². The Hall–Kier alpha value is -2.00. The largest absolute Gasteiger partial charge is 0.481 e. The quantitative estimate of drug-likeness (QED) is 0.760. The minimum absolute atomic E-state index is 0.192. The monoisotopic (exact) mass is 286 g/mol. The Labute approximate surface area is 122 Å². The van der Waals surface area contributed by atoms with Crippen molar-refractivity contribution in [3.05, 3.63) is 58.9 Å². The number of nitrogens with zero attached hydrogens (tertiary/aromatic N) is 1. The van der Waals surface area contributed by atoms with Crippen LogP contribution in [0.15, 0.2) is 42.5 Å². The first-order valence-corrected chi connectivity index (χ1v) is 6.89. The number of hydrogen-bond acceptors (Lipinski definition) is 2. The van der Waals surface area contributed by atoms with Gasteiger partial charge in [-0.05, 0) is 43.7 Å². The van der Waals surface area contributed by atoms with Crippen molar-refractivity contribution >= 4 is 22.6 Å². The molecule has 0 aliphatic heterocycles. The molecule has 0 amide bonds. The van der Waals surface area contributed by atoms with E-state index >= 15 is 0 Å². The first-order valence-electron chi connectivity index (χ1n) is 6.51.